The SMILES string of the molecule is Cc1ccc2c(c1)Oc1ccc(C(C)(C)C)cc1O2. The second-order valence-electron chi connectivity index (χ2n) is 6.07. The van der Waals surface area contributed by atoms with E-state index in [2.05, 4.69) is 32.9 Å². The molecule has 1 aliphatic rings. The van der Waals surface area contributed by atoms with Crippen LogP contribution in [0.3, 0.4) is 0 Å². The van der Waals surface area contributed by atoms with Gasteiger partial charge in [-0.1, -0.05) is 32.9 Å². The number of ether oxygens (including phenoxy) is 2. The van der Waals surface area contributed by atoms with E-state index in [1.54, 1.807) is 0 Å². The Hall–Kier alpha value is -1.96. The summed E-state index contributed by atoms with van der Waals surface area (Å²) < 4.78 is 11.8. The molecule has 0 atom stereocenters. The highest BCUT2D eigenvalue weighted by molar-refractivity contribution is 5.56. The van der Waals surface area contributed by atoms with Crippen molar-refractivity contribution in [1.82, 2.24) is 0 Å². The molecule has 3 rings (SSSR count). The van der Waals surface area contributed by atoms with Gasteiger partial charge in [0.1, 0.15) is 0 Å². The van der Waals surface area contributed by atoms with Gasteiger partial charge in [0.05, 0.1) is 0 Å². The van der Waals surface area contributed by atoms with Crippen LogP contribution in [0.15, 0.2) is 36.4 Å². The van der Waals surface area contributed by atoms with Crippen molar-refractivity contribution in [2.24, 2.45) is 0 Å². The highest BCUT2D eigenvalue weighted by Gasteiger charge is 2.22. The summed E-state index contributed by atoms with van der Waals surface area (Å²) in [5.74, 6) is 3.15. The smallest absolute Gasteiger partial charge is 0.170 e. The van der Waals surface area contributed by atoms with Gasteiger partial charge in [0.2, 0.25) is 0 Å². The van der Waals surface area contributed by atoms with Crippen molar-refractivity contribution >= 4 is 0 Å². The average Bonchev–Trinajstić information content (AvgIpc) is 2.34. The molecule has 98 valence electrons. The molecule has 0 aliphatic carbocycles. The van der Waals surface area contributed by atoms with Gasteiger partial charge in [0, 0.05) is 0 Å². The van der Waals surface area contributed by atoms with Gasteiger partial charge in [-0.3, -0.25) is 0 Å². The van der Waals surface area contributed by atoms with Gasteiger partial charge in [-0.15, -0.1) is 0 Å². The van der Waals surface area contributed by atoms with Gasteiger partial charge in [0.25, 0.3) is 0 Å². The fraction of sp³-hybridized carbons (Fsp3) is 0.294. The van der Waals surface area contributed by atoms with Crippen molar-refractivity contribution < 1.29 is 9.47 Å². The van der Waals surface area contributed by atoms with E-state index in [0.717, 1.165) is 28.6 Å². The van der Waals surface area contributed by atoms with Crippen molar-refractivity contribution in [3.8, 4) is 23.0 Å². The van der Waals surface area contributed by atoms with Gasteiger partial charge >= 0.3 is 0 Å². The maximum atomic E-state index is 5.94. The molecule has 1 heterocycles. The molecule has 0 spiro atoms. The number of fused-ring (bicyclic) bond motifs is 2. The minimum atomic E-state index is 0.103. The second-order valence-corrected chi connectivity index (χ2v) is 6.07. The van der Waals surface area contributed by atoms with Crippen LogP contribution in [0.1, 0.15) is 31.9 Å². The third-order valence-electron chi connectivity index (χ3n) is 3.35. The van der Waals surface area contributed by atoms with E-state index < -0.39 is 0 Å². The van der Waals surface area contributed by atoms with Gasteiger partial charge < -0.3 is 9.47 Å². The highest BCUT2D eigenvalue weighted by atomic mass is 16.6. The predicted molar refractivity (Wildman–Crippen MR) is 76.5 cm³/mol. The standard InChI is InChI=1S/C17H18O2/c1-11-5-7-13-15(9-11)18-14-8-6-12(17(2,3)4)10-16(14)19-13/h5-10H,1-4H3. The molecule has 0 fully saturated rings. The summed E-state index contributed by atoms with van der Waals surface area (Å²) in [6.45, 7) is 8.61. The van der Waals surface area contributed by atoms with Crippen LogP contribution < -0.4 is 9.47 Å². The Bertz CT molecular complexity index is 636. The zero-order chi connectivity index (χ0) is 13.6. The lowest BCUT2D eigenvalue weighted by Crippen LogP contribution is -2.11. The Morgan fingerprint density at radius 1 is 0.737 bits per heavy atom. The van der Waals surface area contributed by atoms with E-state index in [0.29, 0.717) is 0 Å². The van der Waals surface area contributed by atoms with Crippen molar-refractivity contribution in [2.45, 2.75) is 33.1 Å². The molecule has 0 saturated carbocycles. The number of hydrogen-bond acceptors (Lipinski definition) is 2. The Kier molecular flexibility index (Phi) is 2.56. The van der Waals surface area contributed by atoms with Crippen molar-refractivity contribution in [3.63, 3.8) is 0 Å². The summed E-state index contributed by atoms with van der Waals surface area (Å²) in [5, 5.41) is 0. The summed E-state index contributed by atoms with van der Waals surface area (Å²) >= 11 is 0. The molecule has 2 aromatic rings. The molecule has 0 aromatic heterocycles. The minimum absolute atomic E-state index is 0.103. The molecule has 19 heavy (non-hydrogen) atoms. The van der Waals surface area contributed by atoms with E-state index in [-0.39, 0.29) is 5.41 Å². The second kappa shape index (κ2) is 4.02. The lowest BCUT2D eigenvalue weighted by atomic mass is 9.87. The summed E-state index contributed by atoms with van der Waals surface area (Å²) in [4.78, 5) is 0. The molecule has 0 radical (unpaired) electrons. The van der Waals surface area contributed by atoms with E-state index in [1.165, 1.54) is 5.56 Å². The van der Waals surface area contributed by atoms with Crippen LogP contribution >= 0.6 is 0 Å². The van der Waals surface area contributed by atoms with Crippen LogP contribution in [0.5, 0.6) is 23.0 Å². The summed E-state index contributed by atoms with van der Waals surface area (Å²) in [6.07, 6.45) is 0. The Morgan fingerprint density at radius 2 is 1.32 bits per heavy atom. The van der Waals surface area contributed by atoms with Crippen LogP contribution in [-0.2, 0) is 5.41 Å². The maximum Gasteiger partial charge on any atom is 0.170 e. The van der Waals surface area contributed by atoms with Crippen LogP contribution in [0.2, 0.25) is 0 Å². The van der Waals surface area contributed by atoms with Crippen LogP contribution in [-0.4, -0.2) is 0 Å². The number of benzene rings is 2. The molecular formula is C17H18O2. The molecule has 2 nitrogen and oxygen atoms in total. The first-order chi connectivity index (χ1) is 8.93. The van der Waals surface area contributed by atoms with E-state index in [1.807, 2.05) is 31.2 Å². The summed E-state index contributed by atoms with van der Waals surface area (Å²) in [7, 11) is 0. The zero-order valence-electron chi connectivity index (χ0n) is 11.8. The first kappa shape index (κ1) is 12.1. The predicted octanol–water partition coefficient (Wildman–Crippen LogP) is 5.19. The molecule has 1 aliphatic heterocycles. The third kappa shape index (κ3) is 2.19. The molecule has 2 aromatic carbocycles. The third-order valence-corrected chi connectivity index (χ3v) is 3.35. The van der Waals surface area contributed by atoms with Gasteiger partial charge in [0.15, 0.2) is 23.0 Å². The summed E-state index contributed by atoms with van der Waals surface area (Å²) in [5.41, 5.74) is 2.51. The van der Waals surface area contributed by atoms with Gasteiger partial charge in [-0.25, -0.2) is 0 Å². The molecule has 0 bridgehead atoms. The van der Waals surface area contributed by atoms with E-state index in [4.69, 9.17) is 9.47 Å². The maximum absolute atomic E-state index is 5.94. The summed E-state index contributed by atoms with van der Waals surface area (Å²) in [6, 6.07) is 12.1. The molecule has 0 amide bonds. The molecule has 2 heteroatoms. The van der Waals surface area contributed by atoms with Crippen molar-refractivity contribution in [2.75, 3.05) is 0 Å². The fourth-order valence-corrected chi connectivity index (χ4v) is 2.15. The zero-order valence-corrected chi connectivity index (χ0v) is 11.8. The molecule has 0 N–H and O–H groups in total. The van der Waals surface area contributed by atoms with Gasteiger partial charge in [-0.05, 0) is 47.7 Å². The Morgan fingerprint density at radius 3 is 1.95 bits per heavy atom. The fourth-order valence-electron chi connectivity index (χ4n) is 2.15. The van der Waals surface area contributed by atoms with Crippen molar-refractivity contribution in [3.05, 3.63) is 47.5 Å². The topological polar surface area (TPSA) is 18.5 Å². The first-order valence-electron chi connectivity index (χ1n) is 6.54. The van der Waals surface area contributed by atoms with Crippen LogP contribution in [0, 0.1) is 6.92 Å². The lowest BCUT2D eigenvalue weighted by molar-refractivity contribution is 0.358. The number of aryl methyl sites for hydroxylation is 1. The highest BCUT2D eigenvalue weighted by Crippen LogP contribution is 2.46. The van der Waals surface area contributed by atoms with Crippen LogP contribution in [0.25, 0.3) is 0 Å². The lowest BCUT2D eigenvalue weighted by Gasteiger charge is -2.24. The quantitative estimate of drug-likeness (QED) is 0.549. The first-order valence-corrected chi connectivity index (χ1v) is 6.54. The van der Waals surface area contributed by atoms with E-state index >= 15 is 0 Å². The van der Waals surface area contributed by atoms with E-state index in [9.17, 15) is 0 Å². The van der Waals surface area contributed by atoms with Gasteiger partial charge in [-0.2, -0.15) is 0 Å². The Balaban J connectivity index is 2.03. The van der Waals surface area contributed by atoms with Crippen molar-refractivity contribution in [1.29, 1.82) is 0 Å². The molecular weight excluding hydrogens is 236 g/mol. The molecule has 0 unspecified atom stereocenters. The Labute approximate surface area is 114 Å². The number of rotatable bonds is 0. The monoisotopic (exact) mass is 254 g/mol. The molecule has 0 saturated heterocycles. The minimum Gasteiger partial charge on any atom is -0.450 e. The number of hydrogen-bond donors (Lipinski definition) is 0. The largest absolute Gasteiger partial charge is 0.450 e. The van der Waals surface area contributed by atoms with Crippen LogP contribution in [0.4, 0.5) is 0 Å². The normalized spacial score (nSPS) is 13.1. The average molecular weight is 254 g/mol.